The normalized spacial score (nSPS) is 22.3. The molecule has 0 radical (unpaired) electrons. The quantitative estimate of drug-likeness (QED) is 0.265. The third kappa shape index (κ3) is 8.31. The van der Waals surface area contributed by atoms with Gasteiger partial charge < -0.3 is 25.4 Å². The molecule has 0 aliphatic carbocycles. The fraction of sp³-hybridized carbons (Fsp3) is 0.941. The summed E-state index contributed by atoms with van der Waals surface area (Å²) in [5.41, 5.74) is 0.00458. The van der Waals surface area contributed by atoms with Gasteiger partial charge in [-0.1, -0.05) is 6.92 Å². The number of halogens is 1. The van der Waals surface area contributed by atoms with Gasteiger partial charge in [-0.05, 0) is 40.2 Å². The molecule has 1 rings (SSSR count). The zero-order valence-corrected chi connectivity index (χ0v) is 18.1. The van der Waals surface area contributed by atoms with Gasteiger partial charge >= 0.3 is 0 Å². The fourth-order valence-corrected chi connectivity index (χ4v) is 2.76. The average molecular weight is 456 g/mol. The number of aliphatic hydroxyl groups is 1. The molecule has 1 saturated heterocycles. The largest absolute Gasteiger partial charge is 0.396 e. The number of guanidine groups is 1. The van der Waals surface area contributed by atoms with Gasteiger partial charge in [0.15, 0.2) is 5.96 Å². The average Bonchev–Trinajstić information content (AvgIpc) is 3.01. The molecule has 1 fully saturated rings. The predicted octanol–water partition coefficient (Wildman–Crippen LogP) is 1.68. The number of hydrogen-bond donors (Lipinski definition) is 3. The first-order valence-corrected chi connectivity index (χ1v) is 8.98. The topological polar surface area (TPSA) is 69.1 Å². The number of aliphatic imine (C=N–C) groups is 1. The van der Waals surface area contributed by atoms with Crippen molar-refractivity contribution in [3.63, 3.8) is 0 Å². The van der Waals surface area contributed by atoms with E-state index in [4.69, 9.17) is 9.73 Å². The summed E-state index contributed by atoms with van der Waals surface area (Å²) in [6, 6.07) is 0.597. The van der Waals surface area contributed by atoms with Crippen LogP contribution in [-0.2, 0) is 4.74 Å². The molecule has 144 valence electrons. The SMILES string of the molecule is CCNC(=NCC1(CCO)CCOC1)NCCN(C)C(C)CC.I. The van der Waals surface area contributed by atoms with Crippen LogP contribution in [0.2, 0.25) is 0 Å². The van der Waals surface area contributed by atoms with Gasteiger partial charge in [-0.3, -0.25) is 4.99 Å². The molecule has 7 heteroatoms. The first-order chi connectivity index (χ1) is 11.1. The fourth-order valence-electron chi connectivity index (χ4n) is 2.76. The van der Waals surface area contributed by atoms with Crippen molar-refractivity contribution in [3.8, 4) is 0 Å². The minimum absolute atomic E-state index is 0. The van der Waals surface area contributed by atoms with Crippen LogP contribution in [0.5, 0.6) is 0 Å². The lowest BCUT2D eigenvalue weighted by Gasteiger charge is -2.26. The molecule has 0 saturated carbocycles. The van der Waals surface area contributed by atoms with Crippen molar-refractivity contribution in [3.05, 3.63) is 0 Å². The van der Waals surface area contributed by atoms with Crippen LogP contribution in [0.1, 0.15) is 40.0 Å². The molecular weight excluding hydrogens is 419 g/mol. The van der Waals surface area contributed by atoms with Gasteiger partial charge in [0.2, 0.25) is 0 Å². The second-order valence-corrected chi connectivity index (χ2v) is 6.64. The molecule has 2 unspecified atom stereocenters. The summed E-state index contributed by atoms with van der Waals surface area (Å²) in [6.07, 6.45) is 2.90. The van der Waals surface area contributed by atoms with Crippen LogP contribution in [0.3, 0.4) is 0 Å². The maximum atomic E-state index is 9.30. The highest BCUT2D eigenvalue weighted by molar-refractivity contribution is 14.0. The highest BCUT2D eigenvalue weighted by atomic mass is 127. The van der Waals surface area contributed by atoms with Gasteiger partial charge in [-0.2, -0.15) is 0 Å². The van der Waals surface area contributed by atoms with Gasteiger partial charge in [-0.25, -0.2) is 0 Å². The minimum Gasteiger partial charge on any atom is -0.396 e. The maximum absolute atomic E-state index is 9.30. The van der Waals surface area contributed by atoms with Crippen LogP contribution in [0, 0.1) is 5.41 Å². The Morgan fingerprint density at radius 1 is 1.38 bits per heavy atom. The van der Waals surface area contributed by atoms with Crippen molar-refractivity contribution in [1.82, 2.24) is 15.5 Å². The summed E-state index contributed by atoms with van der Waals surface area (Å²) in [5.74, 6) is 0.856. The Labute approximate surface area is 164 Å². The number of ether oxygens (including phenoxy) is 1. The van der Waals surface area contributed by atoms with E-state index >= 15 is 0 Å². The van der Waals surface area contributed by atoms with E-state index < -0.39 is 0 Å². The van der Waals surface area contributed by atoms with Crippen molar-refractivity contribution in [2.75, 3.05) is 53.0 Å². The molecule has 24 heavy (non-hydrogen) atoms. The van der Waals surface area contributed by atoms with Crippen LogP contribution in [0.4, 0.5) is 0 Å². The predicted molar refractivity (Wildman–Crippen MR) is 111 cm³/mol. The summed E-state index contributed by atoms with van der Waals surface area (Å²) >= 11 is 0. The van der Waals surface area contributed by atoms with Crippen molar-refractivity contribution in [1.29, 1.82) is 0 Å². The van der Waals surface area contributed by atoms with E-state index in [1.165, 1.54) is 0 Å². The Balaban J connectivity index is 0.00000529. The van der Waals surface area contributed by atoms with Gasteiger partial charge in [-0.15, -0.1) is 24.0 Å². The van der Waals surface area contributed by atoms with E-state index in [1.54, 1.807) is 0 Å². The molecule has 1 heterocycles. The zero-order valence-electron chi connectivity index (χ0n) is 15.8. The van der Waals surface area contributed by atoms with Gasteiger partial charge in [0.1, 0.15) is 0 Å². The van der Waals surface area contributed by atoms with Gasteiger partial charge in [0, 0.05) is 44.3 Å². The van der Waals surface area contributed by atoms with Crippen LogP contribution in [0.25, 0.3) is 0 Å². The van der Waals surface area contributed by atoms with Crippen molar-refractivity contribution in [2.24, 2.45) is 10.4 Å². The van der Waals surface area contributed by atoms with Crippen molar-refractivity contribution >= 4 is 29.9 Å². The third-order valence-corrected chi connectivity index (χ3v) is 4.84. The minimum atomic E-state index is 0. The van der Waals surface area contributed by atoms with E-state index in [0.717, 1.165) is 51.5 Å². The smallest absolute Gasteiger partial charge is 0.191 e. The molecule has 0 amide bonds. The van der Waals surface area contributed by atoms with E-state index in [0.29, 0.717) is 19.2 Å². The molecule has 0 aromatic heterocycles. The standard InChI is InChI=1S/C17H36N4O2.HI/c1-5-15(3)21(4)10-9-19-16(18-6-2)20-13-17(7-11-22)8-12-23-14-17;/h15,22H,5-14H2,1-4H3,(H2,18,19,20);1H. The third-order valence-electron chi connectivity index (χ3n) is 4.84. The molecule has 6 nitrogen and oxygen atoms in total. The molecule has 1 aliphatic rings. The van der Waals surface area contributed by atoms with E-state index in [1.807, 2.05) is 0 Å². The molecule has 0 aromatic rings. The van der Waals surface area contributed by atoms with E-state index in [9.17, 15) is 5.11 Å². The number of rotatable bonds is 10. The monoisotopic (exact) mass is 456 g/mol. The number of nitrogens with zero attached hydrogens (tertiary/aromatic N) is 2. The Kier molecular flexibility index (Phi) is 13.1. The Hall–Kier alpha value is -0.120. The molecule has 0 aromatic carbocycles. The van der Waals surface area contributed by atoms with Crippen LogP contribution in [0.15, 0.2) is 4.99 Å². The molecule has 2 atom stereocenters. The summed E-state index contributed by atoms with van der Waals surface area (Å²) in [4.78, 5) is 7.09. The summed E-state index contributed by atoms with van der Waals surface area (Å²) in [6.45, 7) is 11.6. The summed E-state index contributed by atoms with van der Waals surface area (Å²) in [7, 11) is 2.16. The molecule has 1 aliphatic heterocycles. The van der Waals surface area contributed by atoms with Crippen LogP contribution in [-0.4, -0.2) is 75.1 Å². The molecular formula is C17H37IN4O2. The van der Waals surface area contributed by atoms with Crippen molar-refractivity contribution in [2.45, 2.75) is 46.1 Å². The molecule has 0 bridgehead atoms. The second-order valence-electron chi connectivity index (χ2n) is 6.64. The number of likely N-dealkylation sites (N-methyl/N-ethyl adjacent to an activating group) is 1. The van der Waals surface area contributed by atoms with Crippen molar-refractivity contribution < 1.29 is 9.84 Å². The Bertz CT molecular complexity index is 349. The van der Waals surface area contributed by atoms with E-state index in [-0.39, 0.29) is 36.0 Å². The lowest BCUT2D eigenvalue weighted by atomic mass is 9.84. The van der Waals surface area contributed by atoms with Gasteiger partial charge in [0.25, 0.3) is 0 Å². The number of hydrogen-bond acceptors (Lipinski definition) is 4. The summed E-state index contributed by atoms with van der Waals surface area (Å²) < 4.78 is 5.53. The Morgan fingerprint density at radius 3 is 2.67 bits per heavy atom. The van der Waals surface area contributed by atoms with Crippen LogP contribution >= 0.6 is 24.0 Å². The first-order valence-electron chi connectivity index (χ1n) is 8.98. The van der Waals surface area contributed by atoms with Crippen LogP contribution < -0.4 is 10.6 Å². The highest BCUT2D eigenvalue weighted by Crippen LogP contribution is 2.32. The van der Waals surface area contributed by atoms with E-state index in [2.05, 4.69) is 43.4 Å². The lowest BCUT2D eigenvalue weighted by molar-refractivity contribution is 0.131. The maximum Gasteiger partial charge on any atom is 0.191 e. The zero-order chi connectivity index (χ0) is 17.1. The molecule has 0 spiro atoms. The lowest BCUT2D eigenvalue weighted by Crippen LogP contribution is -2.43. The second kappa shape index (κ2) is 13.1. The first kappa shape index (κ1) is 23.9. The number of aliphatic hydroxyl groups excluding tert-OH is 1. The van der Waals surface area contributed by atoms with Gasteiger partial charge in [0.05, 0.1) is 13.2 Å². The highest BCUT2D eigenvalue weighted by Gasteiger charge is 2.34. The molecule has 3 N–H and O–H groups in total. The summed E-state index contributed by atoms with van der Waals surface area (Å²) in [5, 5.41) is 16.0. The number of nitrogens with one attached hydrogen (secondary N) is 2. The Morgan fingerprint density at radius 2 is 2.12 bits per heavy atom.